The van der Waals surface area contributed by atoms with Crippen LogP contribution in [-0.2, 0) is 6.42 Å². The molecule has 0 aromatic heterocycles. The molecule has 2 aromatic rings. The van der Waals surface area contributed by atoms with Crippen LogP contribution in [0.3, 0.4) is 0 Å². The maximum Gasteiger partial charge on any atom is 0.253 e. The first-order valence-electron chi connectivity index (χ1n) is 8.11. The lowest BCUT2D eigenvalue weighted by Crippen LogP contribution is -2.23. The minimum absolute atomic E-state index is 0.0204. The van der Waals surface area contributed by atoms with E-state index in [4.69, 9.17) is 22.1 Å². The van der Waals surface area contributed by atoms with Gasteiger partial charge in [0.1, 0.15) is 5.75 Å². The third kappa shape index (κ3) is 5.39. The Bertz CT molecular complexity index is 806. The van der Waals surface area contributed by atoms with E-state index in [1.807, 2.05) is 24.3 Å². The number of amides is 1. The van der Waals surface area contributed by atoms with E-state index in [9.17, 15) is 4.79 Å². The van der Waals surface area contributed by atoms with Gasteiger partial charge in [0, 0.05) is 31.9 Å². The molecule has 138 valence electrons. The van der Waals surface area contributed by atoms with Crippen LogP contribution in [0.25, 0.3) is 0 Å². The molecule has 0 fully saturated rings. The number of rotatable bonds is 6. The summed E-state index contributed by atoms with van der Waals surface area (Å²) in [5.74, 6) is 0.875. The number of nitrogens with two attached hydrogens (primary N) is 1. The maximum absolute atomic E-state index is 12.0. The number of anilines is 1. The van der Waals surface area contributed by atoms with Gasteiger partial charge in [0.25, 0.3) is 5.91 Å². The molecule has 0 saturated heterocycles. The van der Waals surface area contributed by atoms with E-state index >= 15 is 0 Å². The predicted molar refractivity (Wildman–Crippen MR) is 106 cm³/mol. The Hall–Kier alpha value is -2.73. The molecule has 2 rings (SSSR count). The van der Waals surface area contributed by atoms with Crippen molar-refractivity contribution in [3.63, 3.8) is 0 Å². The Morgan fingerprint density at radius 3 is 2.69 bits per heavy atom. The first-order valence-corrected chi connectivity index (χ1v) is 8.49. The van der Waals surface area contributed by atoms with Gasteiger partial charge in [-0.2, -0.15) is 0 Å². The van der Waals surface area contributed by atoms with Gasteiger partial charge in [-0.1, -0.05) is 23.7 Å². The molecule has 0 spiro atoms. The first-order chi connectivity index (χ1) is 12.4. The summed E-state index contributed by atoms with van der Waals surface area (Å²) in [5, 5.41) is 3.49. The van der Waals surface area contributed by atoms with Crippen LogP contribution in [0.5, 0.6) is 5.75 Å². The summed E-state index contributed by atoms with van der Waals surface area (Å²) >= 11 is 6.08. The van der Waals surface area contributed by atoms with E-state index in [-0.39, 0.29) is 5.91 Å². The Balaban J connectivity index is 1.94. The molecule has 6 nitrogen and oxygen atoms in total. The Labute approximate surface area is 158 Å². The fourth-order valence-corrected chi connectivity index (χ4v) is 2.61. The van der Waals surface area contributed by atoms with Gasteiger partial charge in [-0.25, -0.2) is 0 Å². The topological polar surface area (TPSA) is 80.0 Å². The molecule has 0 aliphatic rings. The lowest BCUT2D eigenvalue weighted by Gasteiger charge is -2.11. The third-order valence-electron chi connectivity index (χ3n) is 3.69. The van der Waals surface area contributed by atoms with Gasteiger partial charge in [0.05, 0.1) is 12.1 Å². The van der Waals surface area contributed by atoms with Crippen LogP contribution in [0, 0.1) is 0 Å². The van der Waals surface area contributed by atoms with E-state index in [2.05, 4.69) is 10.3 Å². The molecular weight excluding hydrogens is 352 g/mol. The number of benzene rings is 2. The average molecular weight is 375 g/mol. The molecule has 2 aromatic carbocycles. The number of nitrogens with zero attached hydrogens (tertiary/aromatic N) is 2. The van der Waals surface area contributed by atoms with Crippen molar-refractivity contribution in [2.45, 2.75) is 6.42 Å². The van der Waals surface area contributed by atoms with Crippen LogP contribution in [0.15, 0.2) is 47.5 Å². The molecule has 7 heteroatoms. The fourth-order valence-electron chi connectivity index (χ4n) is 2.36. The minimum atomic E-state index is -0.0204. The second-order valence-corrected chi connectivity index (χ2v) is 6.30. The summed E-state index contributed by atoms with van der Waals surface area (Å²) in [6.45, 7) is 0.502. The summed E-state index contributed by atoms with van der Waals surface area (Å²) in [4.78, 5) is 17.9. The van der Waals surface area contributed by atoms with Gasteiger partial charge in [-0.15, -0.1) is 0 Å². The highest BCUT2D eigenvalue weighted by Crippen LogP contribution is 2.27. The molecule has 1 amide bonds. The summed E-state index contributed by atoms with van der Waals surface area (Å²) in [5.41, 5.74) is 8.34. The van der Waals surface area contributed by atoms with Crippen LogP contribution >= 0.6 is 11.6 Å². The maximum atomic E-state index is 12.0. The van der Waals surface area contributed by atoms with Crippen molar-refractivity contribution in [2.24, 2.45) is 10.7 Å². The first kappa shape index (κ1) is 19.6. The van der Waals surface area contributed by atoms with Crippen molar-refractivity contribution in [1.29, 1.82) is 0 Å². The van der Waals surface area contributed by atoms with Crippen molar-refractivity contribution in [3.8, 4) is 5.75 Å². The number of hydrogen-bond acceptors (Lipinski definition) is 3. The third-order valence-corrected chi connectivity index (χ3v) is 3.98. The fraction of sp³-hybridized carbons (Fsp3) is 0.263. The number of ether oxygens (including phenoxy) is 1. The van der Waals surface area contributed by atoms with Crippen molar-refractivity contribution in [3.05, 3.63) is 58.6 Å². The number of guanidine groups is 1. The summed E-state index contributed by atoms with van der Waals surface area (Å²) in [7, 11) is 5.03. The second kappa shape index (κ2) is 9.10. The number of methoxy groups -OCH3 is 1. The van der Waals surface area contributed by atoms with Crippen LogP contribution < -0.4 is 15.8 Å². The van der Waals surface area contributed by atoms with Crippen LogP contribution in [-0.4, -0.2) is 44.5 Å². The number of nitrogens with one attached hydrogen (secondary N) is 1. The lowest BCUT2D eigenvalue weighted by atomic mass is 10.1. The molecule has 26 heavy (non-hydrogen) atoms. The molecule has 0 aliphatic carbocycles. The van der Waals surface area contributed by atoms with E-state index < -0.39 is 0 Å². The molecule has 0 atom stereocenters. The highest BCUT2D eigenvalue weighted by atomic mass is 35.5. The molecule has 0 heterocycles. The molecule has 3 N–H and O–H groups in total. The van der Waals surface area contributed by atoms with Crippen molar-refractivity contribution in [2.75, 3.05) is 33.1 Å². The van der Waals surface area contributed by atoms with Crippen LogP contribution in [0.1, 0.15) is 15.9 Å². The second-order valence-electron chi connectivity index (χ2n) is 5.89. The van der Waals surface area contributed by atoms with Gasteiger partial charge >= 0.3 is 0 Å². The lowest BCUT2D eigenvalue weighted by molar-refractivity contribution is 0.0827. The molecule has 0 aliphatic heterocycles. The molecule has 0 unspecified atom stereocenters. The van der Waals surface area contributed by atoms with Gasteiger partial charge < -0.3 is 20.7 Å². The highest BCUT2D eigenvalue weighted by Gasteiger charge is 2.08. The standard InChI is InChI=1S/C19H23ClN4O2/c1-24(2)18(25)14-6-4-5-13(11-14)9-10-22-19(21)23-15-7-8-17(26-3)16(20)12-15/h4-8,11-12H,9-10H2,1-3H3,(H3,21,22,23). The number of hydrogen-bond donors (Lipinski definition) is 2. The summed E-state index contributed by atoms with van der Waals surface area (Å²) in [6, 6.07) is 12.8. The van der Waals surface area contributed by atoms with Crippen molar-refractivity contribution >= 4 is 29.2 Å². The zero-order valence-electron chi connectivity index (χ0n) is 15.1. The largest absolute Gasteiger partial charge is 0.495 e. The highest BCUT2D eigenvalue weighted by molar-refractivity contribution is 6.32. The van der Waals surface area contributed by atoms with E-state index in [0.717, 1.165) is 11.3 Å². The molecule has 0 saturated carbocycles. The van der Waals surface area contributed by atoms with E-state index in [0.29, 0.717) is 35.3 Å². The van der Waals surface area contributed by atoms with Crippen LogP contribution in [0.4, 0.5) is 5.69 Å². The van der Waals surface area contributed by atoms with Crippen molar-refractivity contribution in [1.82, 2.24) is 4.90 Å². The number of carbonyl (C=O) groups is 1. The van der Waals surface area contributed by atoms with E-state index in [1.165, 1.54) is 0 Å². The SMILES string of the molecule is COc1ccc(NC(N)=NCCc2cccc(C(=O)N(C)C)c2)cc1Cl. The quantitative estimate of drug-likeness (QED) is 0.601. The minimum Gasteiger partial charge on any atom is -0.495 e. The average Bonchev–Trinajstić information content (AvgIpc) is 2.61. The number of aliphatic imine (C=N–C) groups is 1. The van der Waals surface area contributed by atoms with E-state index in [1.54, 1.807) is 44.3 Å². The number of carbonyl (C=O) groups excluding carboxylic acids is 1. The smallest absolute Gasteiger partial charge is 0.253 e. The monoisotopic (exact) mass is 374 g/mol. The summed E-state index contributed by atoms with van der Waals surface area (Å²) in [6.07, 6.45) is 0.681. The van der Waals surface area contributed by atoms with Gasteiger partial charge in [0.15, 0.2) is 5.96 Å². The molecule has 0 radical (unpaired) electrons. The zero-order chi connectivity index (χ0) is 19.1. The van der Waals surface area contributed by atoms with Gasteiger partial charge in [-0.05, 0) is 42.3 Å². The Morgan fingerprint density at radius 1 is 1.27 bits per heavy atom. The summed E-state index contributed by atoms with van der Waals surface area (Å²) < 4.78 is 5.11. The Morgan fingerprint density at radius 2 is 2.04 bits per heavy atom. The Kier molecular flexibility index (Phi) is 6.86. The van der Waals surface area contributed by atoms with Gasteiger partial charge in [0.2, 0.25) is 0 Å². The predicted octanol–water partition coefficient (Wildman–Crippen LogP) is 3.02. The molecular formula is C19H23ClN4O2. The zero-order valence-corrected chi connectivity index (χ0v) is 15.9. The number of halogens is 1. The normalized spacial score (nSPS) is 11.2. The van der Waals surface area contributed by atoms with Crippen molar-refractivity contribution < 1.29 is 9.53 Å². The van der Waals surface area contributed by atoms with Gasteiger partial charge in [-0.3, -0.25) is 9.79 Å². The molecule has 0 bridgehead atoms. The van der Waals surface area contributed by atoms with Crippen LogP contribution in [0.2, 0.25) is 5.02 Å².